The predicted molar refractivity (Wildman–Crippen MR) is 91.8 cm³/mol. The van der Waals surface area contributed by atoms with Crippen molar-refractivity contribution in [3.05, 3.63) is 23.3 Å². The Bertz CT molecular complexity index is 635. The van der Waals surface area contributed by atoms with Crippen molar-refractivity contribution in [1.29, 1.82) is 0 Å². The molecule has 1 unspecified atom stereocenters. The van der Waals surface area contributed by atoms with E-state index in [9.17, 15) is 4.79 Å². The topological polar surface area (TPSA) is 48.0 Å². The molecule has 0 spiro atoms. The molecule has 1 fully saturated rings. The van der Waals surface area contributed by atoms with E-state index >= 15 is 0 Å². The van der Waals surface area contributed by atoms with Crippen LogP contribution in [0, 0.1) is 0 Å². The number of fused-ring (bicyclic) bond motifs is 3. The average molecular weight is 333 g/mol. The number of carbonyl (C=O) groups excluding carboxylic acids is 1. The van der Waals surface area contributed by atoms with Crippen LogP contribution in [0.5, 0.6) is 11.5 Å². The molecule has 0 amide bonds. The van der Waals surface area contributed by atoms with Crippen molar-refractivity contribution in [3.8, 4) is 11.5 Å². The third-order valence-electron chi connectivity index (χ3n) is 4.76. The van der Waals surface area contributed by atoms with Crippen molar-refractivity contribution in [2.45, 2.75) is 51.4 Å². The number of piperidine rings is 1. The number of benzene rings is 1. The second-order valence-corrected chi connectivity index (χ2v) is 7.56. The summed E-state index contributed by atoms with van der Waals surface area (Å²) in [6.45, 7) is 7.58. The molecule has 3 rings (SSSR count). The number of hydrogen-bond acceptors (Lipinski definition) is 5. The first-order valence-electron chi connectivity index (χ1n) is 8.52. The molecule has 0 aliphatic carbocycles. The summed E-state index contributed by atoms with van der Waals surface area (Å²) in [6, 6.07) is 4.19. The van der Waals surface area contributed by atoms with Crippen LogP contribution in [0.15, 0.2) is 12.1 Å². The van der Waals surface area contributed by atoms with Crippen LogP contribution in [-0.4, -0.2) is 49.7 Å². The van der Waals surface area contributed by atoms with Crippen LogP contribution in [-0.2, 0) is 16.0 Å². The molecule has 5 heteroatoms. The molecule has 0 radical (unpaired) electrons. The second kappa shape index (κ2) is 6.37. The lowest BCUT2D eigenvalue weighted by Crippen LogP contribution is -2.51. The van der Waals surface area contributed by atoms with Crippen LogP contribution in [0.25, 0.3) is 0 Å². The summed E-state index contributed by atoms with van der Waals surface area (Å²) in [5, 5.41) is 0. The van der Waals surface area contributed by atoms with Gasteiger partial charge in [0.2, 0.25) is 0 Å². The molecule has 132 valence electrons. The molecular weight excluding hydrogens is 306 g/mol. The van der Waals surface area contributed by atoms with Gasteiger partial charge in [0, 0.05) is 25.6 Å². The molecule has 2 heterocycles. The van der Waals surface area contributed by atoms with E-state index in [1.165, 1.54) is 11.1 Å². The summed E-state index contributed by atoms with van der Waals surface area (Å²) < 4.78 is 16.8. The van der Waals surface area contributed by atoms with E-state index in [4.69, 9.17) is 14.2 Å². The van der Waals surface area contributed by atoms with Crippen molar-refractivity contribution in [1.82, 2.24) is 4.90 Å². The number of nitrogens with zero attached hydrogens (tertiary/aromatic N) is 1. The smallest absolute Gasteiger partial charge is 0.164 e. The van der Waals surface area contributed by atoms with Gasteiger partial charge in [-0.25, -0.2) is 0 Å². The highest BCUT2D eigenvalue weighted by Gasteiger charge is 2.40. The second-order valence-electron chi connectivity index (χ2n) is 7.56. The Morgan fingerprint density at radius 1 is 1.12 bits per heavy atom. The fourth-order valence-electron chi connectivity index (χ4n) is 3.70. The van der Waals surface area contributed by atoms with Crippen LogP contribution in [0.4, 0.5) is 0 Å². The third kappa shape index (κ3) is 3.28. The maximum Gasteiger partial charge on any atom is 0.164 e. The van der Waals surface area contributed by atoms with E-state index in [-0.39, 0.29) is 23.5 Å². The highest BCUT2D eigenvalue weighted by Crippen LogP contribution is 2.41. The standard InChI is InChI=1S/C19H27NO4/c1-19(2,3)24-18-11-20-7-6-12-8-16(22-4)17(23-5)9-13(12)14(20)10-15(18)21/h8-9,14,18H,6-7,10-11H2,1-5H3/t14?,18-/m1/s1. The molecule has 2 aliphatic rings. The zero-order valence-electron chi connectivity index (χ0n) is 15.2. The van der Waals surface area contributed by atoms with Crippen molar-refractivity contribution in [2.24, 2.45) is 0 Å². The van der Waals surface area contributed by atoms with Crippen LogP contribution in [0.1, 0.15) is 44.4 Å². The monoisotopic (exact) mass is 333 g/mol. The quantitative estimate of drug-likeness (QED) is 0.851. The molecule has 0 N–H and O–H groups in total. The SMILES string of the molecule is COc1cc2c(cc1OC)C1CC(=O)[C@H](OC(C)(C)C)CN1CC2. The fourth-order valence-corrected chi connectivity index (χ4v) is 3.70. The van der Waals surface area contributed by atoms with Gasteiger partial charge in [0.05, 0.1) is 19.8 Å². The van der Waals surface area contributed by atoms with Crippen LogP contribution in [0.3, 0.4) is 0 Å². The minimum Gasteiger partial charge on any atom is -0.493 e. The number of Topliss-reactive ketones (excluding diaryl/α,β-unsaturated/α-hetero) is 1. The van der Waals surface area contributed by atoms with Crippen LogP contribution < -0.4 is 9.47 Å². The van der Waals surface area contributed by atoms with Crippen molar-refractivity contribution in [3.63, 3.8) is 0 Å². The van der Waals surface area contributed by atoms with Crippen molar-refractivity contribution < 1.29 is 19.0 Å². The lowest BCUT2D eigenvalue weighted by atomic mass is 9.85. The van der Waals surface area contributed by atoms with E-state index in [0.29, 0.717) is 13.0 Å². The first kappa shape index (κ1) is 17.2. The molecular formula is C19H27NO4. The summed E-state index contributed by atoms with van der Waals surface area (Å²) in [5.74, 6) is 1.66. The van der Waals surface area contributed by atoms with Gasteiger partial charge in [-0.1, -0.05) is 0 Å². The lowest BCUT2D eigenvalue weighted by molar-refractivity contribution is -0.151. The van der Waals surface area contributed by atoms with E-state index in [1.807, 2.05) is 32.9 Å². The first-order valence-corrected chi connectivity index (χ1v) is 8.52. The maximum atomic E-state index is 12.6. The van der Waals surface area contributed by atoms with E-state index in [2.05, 4.69) is 4.90 Å². The first-order chi connectivity index (χ1) is 11.3. The van der Waals surface area contributed by atoms with E-state index < -0.39 is 0 Å². The summed E-state index contributed by atoms with van der Waals surface area (Å²) in [5.41, 5.74) is 2.12. The Morgan fingerprint density at radius 2 is 1.79 bits per heavy atom. The van der Waals surface area contributed by atoms with Gasteiger partial charge in [0.1, 0.15) is 6.10 Å². The molecule has 24 heavy (non-hydrogen) atoms. The van der Waals surface area contributed by atoms with Gasteiger partial charge in [-0.05, 0) is 50.5 Å². The van der Waals surface area contributed by atoms with Crippen LogP contribution in [0.2, 0.25) is 0 Å². The molecule has 2 aliphatic heterocycles. The van der Waals surface area contributed by atoms with Crippen molar-refractivity contribution in [2.75, 3.05) is 27.3 Å². The number of ketones is 1. The average Bonchev–Trinajstić information content (AvgIpc) is 2.53. The number of rotatable bonds is 3. The van der Waals surface area contributed by atoms with Gasteiger partial charge < -0.3 is 14.2 Å². The number of hydrogen-bond donors (Lipinski definition) is 0. The summed E-state index contributed by atoms with van der Waals surface area (Å²) >= 11 is 0. The number of methoxy groups -OCH3 is 2. The minimum atomic E-state index is -0.331. The van der Waals surface area contributed by atoms with E-state index in [0.717, 1.165) is 24.5 Å². The van der Waals surface area contributed by atoms with Gasteiger partial charge in [-0.15, -0.1) is 0 Å². The third-order valence-corrected chi connectivity index (χ3v) is 4.76. The largest absolute Gasteiger partial charge is 0.493 e. The van der Waals surface area contributed by atoms with Gasteiger partial charge in [0.25, 0.3) is 0 Å². The predicted octanol–water partition coefficient (Wildman–Crippen LogP) is 2.76. The Kier molecular flexibility index (Phi) is 4.58. The normalized spacial score (nSPS) is 24.3. The van der Waals surface area contributed by atoms with Crippen molar-refractivity contribution >= 4 is 5.78 Å². The summed E-state index contributed by atoms with van der Waals surface area (Å²) in [6.07, 6.45) is 1.11. The highest BCUT2D eigenvalue weighted by atomic mass is 16.5. The summed E-state index contributed by atoms with van der Waals surface area (Å²) in [4.78, 5) is 15.0. The molecule has 0 bridgehead atoms. The van der Waals surface area contributed by atoms with Crippen LogP contribution >= 0.6 is 0 Å². The Balaban J connectivity index is 1.87. The molecule has 5 nitrogen and oxygen atoms in total. The van der Waals surface area contributed by atoms with Gasteiger partial charge in [-0.2, -0.15) is 0 Å². The Morgan fingerprint density at radius 3 is 2.42 bits per heavy atom. The molecule has 2 atom stereocenters. The molecule has 0 saturated carbocycles. The Labute approximate surface area is 143 Å². The zero-order chi connectivity index (χ0) is 17.5. The van der Waals surface area contributed by atoms with E-state index in [1.54, 1.807) is 14.2 Å². The van der Waals surface area contributed by atoms with Gasteiger partial charge in [0.15, 0.2) is 17.3 Å². The molecule has 1 aromatic rings. The highest BCUT2D eigenvalue weighted by molar-refractivity contribution is 5.85. The molecule has 1 saturated heterocycles. The lowest BCUT2D eigenvalue weighted by Gasteiger charge is -2.44. The van der Waals surface area contributed by atoms with Gasteiger partial charge >= 0.3 is 0 Å². The molecule has 0 aromatic heterocycles. The number of carbonyl (C=O) groups is 1. The Hall–Kier alpha value is -1.59. The maximum absolute atomic E-state index is 12.6. The number of ether oxygens (including phenoxy) is 3. The van der Waals surface area contributed by atoms with Gasteiger partial charge in [-0.3, -0.25) is 9.69 Å². The summed E-state index contributed by atoms with van der Waals surface area (Å²) in [7, 11) is 3.29. The fraction of sp³-hybridized carbons (Fsp3) is 0.632. The molecule has 1 aromatic carbocycles. The minimum absolute atomic E-state index is 0.112. The zero-order valence-corrected chi connectivity index (χ0v) is 15.2.